The van der Waals surface area contributed by atoms with E-state index < -0.39 is 0 Å². The van der Waals surface area contributed by atoms with Crippen LogP contribution in [-0.4, -0.2) is 36.1 Å². The van der Waals surface area contributed by atoms with Gasteiger partial charge in [0.2, 0.25) is 0 Å². The number of likely N-dealkylation sites (tertiary alicyclic amines) is 1. The predicted octanol–water partition coefficient (Wildman–Crippen LogP) is 1.04. The first kappa shape index (κ1) is 10.6. The second-order valence-corrected chi connectivity index (χ2v) is 4.62. The number of carbonyl (C=O) groups excluding carboxylic acids is 2. The van der Waals surface area contributed by atoms with Crippen molar-refractivity contribution in [3.05, 3.63) is 12.2 Å². The Balaban J connectivity index is 1.84. The topological polar surface area (TPSA) is 37.4 Å². The third-order valence-corrected chi connectivity index (χ3v) is 3.42. The number of carbonyl (C=O) groups is 2. The third kappa shape index (κ3) is 2.34. The summed E-state index contributed by atoms with van der Waals surface area (Å²) in [5.74, 6) is 1.42. The number of ketones is 2. The van der Waals surface area contributed by atoms with Gasteiger partial charge in [0.05, 0.1) is 6.54 Å². The van der Waals surface area contributed by atoms with Crippen LogP contribution in [0.1, 0.15) is 19.8 Å². The van der Waals surface area contributed by atoms with Crippen molar-refractivity contribution in [1.29, 1.82) is 0 Å². The Labute approximate surface area is 90.1 Å². The van der Waals surface area contributed by atoms with Crippen LogP contribution in [0.2, 0.25) is 0 Å². The molecule has 1 aliphatic carbocycles. The summed E-state index contributed by atoms with van der Waals surface area (Å²) < 4.78 is 0. The molecule has 0 aromatic heterocycles. The highest BCUT2D eigenvalue weighted by Gasteiger charge is 2.41. The van der Waals surface area contributed by atoms with Crippen molar-refractivity contribution >= 4 is 11.6 Å². The average Bonchev–Trinajstić information content (AvgIpc) is 2.09. The maximum atomic E-state index is 11.6. The fourth-order valence-electron chi connectivity index (χ4n) is 2.45. The molecule has 0 aromatic carbocycles. The first-order valence-corrected chi connectivity index (χ1v) is 5.59. The van der Waals surface area contributed by atoms with E-state index in [0.29, 0.717) is 24.2 Å². The first-order valence-electron chi connectivity index (χ1n) is 5.59. The summed E-state index contributed by atoms with van der Waals surface area (Å²) in [5, 5.41) is 0. The lowest BCUT2D eigenvalue weighted by molar-refractivity contribution is -0.134. The second kappa shape index (κ2) is 4.27. The Kier molecular flexibility index (Phi) is 3.00. The maximum Gasteiger partial charge on any atom is 0.152 e. The monoisotopic (exact) mass is 207 g/mol. The summed E-state index contributed by atoms with van der Waals surface area (Å²) in [6, 6.07) is 0. The number of hydrogen-bond donors (Lipinski definition) is 0. The quantitative estimate of drug-likeness (QED) is 0.649. The zero-order chi connectivity index (χ0) is 10.8. The first-order chi connectivity index (χ1) is 7.16. The van der Waals surface area contributed by atoms with Gasteiger partial charge >= 0.3 is 0 Å². The SMILES string of the molecule is CC(=O)/C=C/CN1CC(=O)C2CCC2C1. The largest absolute Gasteiger partial charge is 0.298 e. The molecule has 3 heteroatoms. The molecule has 0 aromatic rings. The molecule has 2 rings (SSSR count). The molecule has 3 nitrogen and oxygen atoms in total. The third-order valence-electron chi connectivity index (χ3n) is 3.42. The minimum absolute atomic E-state index is 0.0693. The molecule has 1 saturated carbocycles. The van der Waals surface area contributed by atoms with Gasteiger partial charge in [-0.15, -0.1) is 0 Å². The molecular formula is C12H17NO2. The van der Waals surface area contributed by atoms with E-state index in [9.17, 15) is 9.59 Å². The fraction of sp³-hybridized carbons (Fsp3) is 0.667. The Hall–Kier alpha value is -0.960. The molecule has 2 atom stereocenters. The van der Waals surface area contributed by atoms with Gasteiger partial charge in [-0.05, 0) is 31.8 Å². The maximum absolute atomic E-state index is 11.6. The van der Waals surface area contributed by atoms with E-state index in [1.165, 1.54) is 6.42 Å². The molecule has 0 spiro atoms. The van der Waals surface area contributed by atoms with Crippen LogP contribution in [0.5, 0.6) is 0 Å². The number of nitrogens with zero attached hydrogens (tertiary/aromatic N) is 1. The van der Waals surface area contributed by atoms with Crippen molar-refractivity contribution in [2.75, 3.05) is 19.6 Å². The molecular weight excluding hydrogens is 190 g/mol. The van der Waals surface area contributed by atoms with Crippen LogP contribution in [0.25, 0.3) is 0 Å². The van der Waals surface area contributed by atoms with Crippen molar-refractivity contribution in [2.45, 2.75) is 19.8 Å². The van der Waals surface area contributed by atoms with Crippen molar-refractivity contribution in [1.82, 2.24) is 4.90 Å². The van der Waals surface area contributed by atoms with Crippen molar-refractivity contribution in [2.24, 2.45) is 11.8 Å². The van der Waals surface area contributed by atoms with E-state index in [1.807, 2.05) is 6.08 Å². The molecule has 2 unspecified atom stereocenters. The molecule has 0 amide bonds. The number of Topliss-reactive ketones (excluding diaryl/α,β-unsaturated/α-hetero) is 1. The minimum Gasteiger partial charge on any atom is -0.298 e. The van der Waals surface area contributed by atoms with Gasteiger partial charge in [-0.2, -0.15) is 0 Å². The zero-order valence-electron chi connectivity index (χ0n) is 9.11. The summed E-state index contributed by atoms with van der Waals surface area (Å²) in [5.41, 5.74) is 0. The Morgan fingerprint density at radius 3 is 2.87 bits per heavy atom. The van der Waals surface area contributed by atoms with E-state index in [-0.39, 0.29) is 5.78 Å². The van der Waals surface area contributed by atoms with Crippen LogP contribution >= 0.6 is 0 Å². The van der Waals surface area contributed by atoms with E-state index in [4.69, 9.17) is 0 Å². The molecule has 2 aliphatic rings. The Bertz CT molecular complexity index is 309. The number of fused-ring (bicyclic) bond motifs is 1. The molecule has 0 bridgehead atoms. The van der Waals surface area contributed by atoms with Gasteiger partial charge < -0.3 is 0 Å². The molecule has 1 saturated heterocycles. The molecule has 0 N–H and O–H groups in total. The highest BCUT2D eigenvalue weighted by Crippen LogP contribution is 2.38. The summed E-state index contributed by atoms with van der Waals surface area (Å²) in [4.78, 5) is 24.5. The van der Waals surface area contributed by atoms with Crippen LogP contribution in [0.3, 0.4) is 0 Å². The normalized spacial score (nSPS) is 31.4. The lowest BCUT2D eigenvalue weighted by atomic mass is 9.69. The van der Waals surface area contributed by atoms with E-state index >= 15 is 0 Å². The van der Waals surface area contributed by atoms with Crippen LogP contribution in [0.15, 0.2) is 12.2 Å². The van der Waals surface area contributed by atoms with Gasteiger partial charge in [0.15, 0.2) is 5.78 Å². The number of hydrogen-bond acceptors (Lipinski definition) is 3. The molecule has 1 aliphatic heterocycles. The summed E-state index contributed by atoms with van der Waals surface area (Å²) in [6.45, 7) is 3.87. The van der Waals surface area contributed by atoms with E-state index in [2.05, 4.69) is 4.90 Å². The molecule has 15 heavy (non-hydrogen) atoms. The number of allylic oxidation sites excluding steroid dienone is 1. The second-order valence-electron chi connectivity index (χ2n) is 4.62. The van der Waals surface area contributed by atoms with E-state index in [1.54, 1.807) is 13.0 Å². The molecule has 2 fully saturated rings. The molecule has 82 valence electrons. The van der Waals surface area contributed by atoms with Gasteiger partial charge in [-0.25, -0.2) is 0 Å². The standard InChI is InChI=1S/C12H17NO2/c1-9(14)3-2-6-13-7-10-4-5-11(10)12(15)8-13/h2-3,10-11H,4-8H2,1H3/b3-2+. The summed E-state index contributed by atoms with van der Waals surface area (Å²) >= 11 is 0. The van der Waals surface area contributed by atoms with Gasteiger partial charge in [-0.3, -0.25) is 14.5 Å². The highest BCUT2D eigenvalue weighted by atomic mass is 16.1. The highest BCUT2D eigenvalue weighted by molar-refractivity contribution is 5.87. The van der Waals surface area contributed by atoms with Crippen LogP contribution in [0.4, 0.5) is 0 Å². The van der Waals surface area contributed by atoms with Gasteiger partial charge in [0.1, 0.15) is 5.78 Å². The van der Waals surface area contributed by atoms with Crippen LogP contribution < -0.4 is 0 Å². The lowest BCUT2D eigenvalue weighted by Gasteiger charge is -2.43. The van der Waals surface area contributed by atoms with Gasteiger partial charge in [0, 0.05) is 19.0 Å². The van der Waals surface area contributed by atoms with Gasteiger partial charge in [0.25, 0.3) is 0 Å². The van der Waals surface area contributed by atoms with Crippen molar-refractivity contribution in [3.8, 4) is 0 Å². The Morgan fingerprint density at radius 2 is 2.33 bits per heavy atom. The fourth-order valence-corrected chi connectivity index (χ4v) is 2.45. The smallest absolute Gasteiger partial charge is 0.152 e. The summed E-state index contributed by atoms with van der Waals surface area (Å²) in [6.07, 6.45) is 5.73. The summed E-state index contributed by atoms with van der Waals surface area (Å²) in [7, 11) is 0. The van der Waals surface area contributed by atoms with Crippen molar-refractivity contribution in [3.63, 3.8) is 0 Å². The number of rotatable bonds is 3. The van der Waals surface area contributed by atoms with Crippen LogP contribution in [0, 0.1) is 11.8 Å². The molecule has 0 radical (unpaired) electrons. The van der Waals surface area contributed by atoms with Crippen molar-refractivity contribution < 1.29 is 9.59 Å². The molecule has 1 heterocycles. The van der Waals surface area contributed by atoms with Gasteiger partial charge in [-0.1, -0.05) is 6.08 Å². The number of piperidine rings is 1. The average molecular weight is 207 g/mol. The lowest BCUT2D eigenvalue weighted by Crippen LogP contribution is -2.51. The minimum atomic E-state index is 0.0693. The van der Waals surface area contributed by atoms with E-state index in [0.717, 1.165) is 19.5 Å². The zero-order valence-corrected chi connectivity index (χ0v) is 9.11. The predicted molar refractivity (Wildman–Crippen MR) is 57.5 cm³/mol. The van der Waals surface area contributed by atoms with Crippen LogP contribution in [-0.2, 0) is 9.59 Å². The Morgan fingerprint density at radius 1 is 1.53 bits per heavy atom.